The molecule has 0 bridgehead atoms. The summed E-state index contributed by atoms with van der Waals surface area (Å²) in [6.07, 6.45) is 6.05. The first-order chi connectivity index (χ1) is 9.12. The van der Waals surface area contributed by atoms with E-state index in [1.54, 1.807) is 0 Å². The Morgan fingerprint density at radius 3 is 2.89 bits per heavy atom. The Hall–Kier alpha value is -0.160. The van der Waals surface area contributed by atoms with E-state index in [2.05, 4.69) is 19.2 Å². The molecular formula is C15H31NO3. The molecule has 0 aliphatic heterocycles. The van der Waals surface area contributed by atoms with E-state index in [-0.39, 0.29) is 12.1 Å². The molecule has 1 aliphatic carbocycles. The van der Waals surface area contributed by atoms with Gasteiger partial charge >= 0.3 is 0 Å². The molecule has 0 aromatic rings. The predicted molar refractivity (Wildman–Crippen MR) is 77.2 cm³/mol. The smallest absolute Gasteiger partial charge is 0.0897 e. The quantitative estimate of drug-likeness (QED) is 0.560. The third kappa shape index (κ3) is 6.21. The summed E-state index contributed by atoms with van der Waals surface area (Å²) in [6, 6.07) is 0. The summed E-state index contributed by atoms with van der Waals surface area (Å²) < 4.78 is 5.41. The van der Waals surface area contributed by atoms with E-state index in [9.17, 15) is 10.2 Å². The molecule has 0 radical (unpaired) electrons. The first-order valence-corrected chi connectivity index (χ1v) is 7.73. The molecule has 4 nitrogen and oxygen atoms in total. The first-order valence-electron chi connectivity index (χ1n) is 7.73. The number of hydrogen-bond donors (Lipinski definition) is 3. The Morgan fingerprint density at radius 1 is 1.47 bits per heavy atom. The van der Waals surface area contributed by atoms with Crippen molar-refractivity contribution in [1.82, 2.24) is 5.32 Å². The van der Waals surface area contributed by atoms with Crippen molar-refractivity contribution in [3.05, 3.63) is 0 Å². The van der Waals surface area contributed by atoms with Gasteiger partial charge in [0.2, 0.25) is 0 Å². The van der Waals surface area contributed by atoms with Gasteiger partial charge in [0.25, 0.3) is 0 Å². The van der Waals surface area contributed by atoms with Crippen molar-refractivity contribution in [2.45, 2.75) is 64.0 Å². The maximum Gasteiger partial charge on any atom is 0.0897 e. The molecule has 1 rings (SSSR count). The number of nitrogens with one attached hydrogen (secondary N) is 1. The summed E-state index contributed by atoms with van der Waals surface area (Å²) in [5.74, 6) is 0.645. The zero-order valence-corrected chi connectivity index (χ0v) is 12.5. The first kappa shape index (κ1) is 16.9. The van der Waals surface area contributed by atoms with Crippen LogP contribution in [0.3, 0.4) is 0 Å². The molecule has 4 heteroatoms. The minimum Gasteiger partial charge on any atom is -0.394 e. The van der Waals surface area contributed by atoms with Gasteiger partial charge in [-0.1, -0.05) is 33.1 Å². The lowest BCUT2D eigenvalue weighted by Gasteiger charge is -2.40. The molecule has 0 spiro atoms. The van der Waals surface area contributed by atoms with Gasteiger partial charge in [-0.15, -0.1) is 0 Å². The van der Waals surface area contributed by atoms with Crippen LogP contribution in [0.25, 0.3) is 0 Å². The maximum absolute atomic E-state index is 9.89. The average molecular weight is 273 g/mol. The molecule has 1 fully saturated rings. The highest BCUT2D eigenvalue weighted by molar-refractivity contribution is 4.92. The van der Waals surface area contributed by atoms with Crippen molar-refractivity contribution in [2.75, 3.05) is 26.4 Å². The molecule has 1 aliphatic rings. The summed E-state index contributed by atoms with van der Waals surface area (Å²) in [4.78, 5) is 0. The normalized spacial score (nSPS) is 29.4. The van der Waals surface area contributed by atoms with Crippen molar-refractivity contribution in [2.24, 2.45) is 5.92 Å². The van der Waals surface area contributed by atoms with Crippen LogP contribution in [-0.4, -0.2) is 48.2 Å². The fraction of sp³-hybridized carbons (Fsp3) is 1.00. The van der Waals surface area contributed by atoms with Gasteiger partial charge in [-0.25, -0.2) is 0 Å². The zero-order chi connectivity index (χ0) is 14.1. The topological polar surface area (TPSA) is 61.7 Å². The van der Waals surface area contributed by atoms with Crippen molar-refractivity contribution >= 4 is 0 Å². The SMILES string of the molecule is CCCCOCC(O)CNC1(CO)CCCC(C)C1. The molecular weight excluding hydrogens is 242 g/mol. The van der Waals surface area contributed by atoms with Gasteiger partial charge in [-0.05, 0) is 25.2 Å². The molecule has 0 aromatic carbocycles. The van der Waals surface area contributed by atoms with E-state index in [4.69, 9.17) is 4.74 Å². The molecule has 3 unspecified atom stereocenters. The van der Waals surface area contributed by atoms with Crippen LogP contribution >= 0.6 is 0 Å². The lowest BCUT2D eigenvalue weighted by molar-refractivity contribution is 0.0219. The van der Waals surface area contributed by atoms with E-state index < -0.39 is 6.10 Å². The van der Waals surface area contributed by atoms with Crippen LogP contribution in [0.2, 0.25) is 0 Å². The van der Waals surface area contributed by atoms with Gasteiger partial charge in [0, 0.05) is 18.7 Å². The van der Waals surface area contributed by atoms with Crippen LogP contribution in [0.15, 0.2) is 0 Å². The summed E-state index contributed by atoms with van der Waals surface area (Å²) >= 11 is 0. The molecule has 0 amide bonds. The van der Waals surface area contributed by atoms with Crippen molar-refractivity contribution in [1.29, 1.82) is 0 Å². The molecule has 0 aromatic heterocycles. The summed E-state index contributed by atoms with van der Waals surface area (Å²) in [5.41, 5.74) is -0.192. The van der Waals surface area contributed by atoms with Crippen LogP contribution in [0.1, 0.15) is 52.4 Å². The standard InChI is InChI=1S/C15H31NO3/c1-3-4-8-19-11-14(18)10-16-15(12-17)7-5-6-13(2)9-15/h13-14,16-18H,3-12H2,1-2H3. The van der Waals surface area contributed by atoms with Crippen LogP contribution < -0.4 is 5.32 Å². The van der Waals surface area contributed by atoms with E-state index in [1.807, 2.05) is 0 Å². The van der Waals surface area contributed by atoms with Crippen molar-refractivity contribution in [3.8, 4) is 0 Å². The summed E-state index contributed by atoms with van der Waals surface area (Å²) in [5, 5.41) is 22.9. The Morgan fingerprint density at radius 2 is 2.26 bits per heavy atom. The lowest BCUT2D eigenvalue weighted by Crippen LogP contribution is -2.54. The molecule has 19 heavy (non-hydrogen) atoms. The van der Waals surface area contributed by atoms with Crippen LogP contribution in [0.4, 0.5) is 0 Å². The van der Waals surface area contributed by atoms with Crippen LogP contribution in [0, 0.1) is 5.92 Å². The van der Waals surface area contributed by atoms with Gasteiger partial charge < -0.3 is 20.3 Å². The monoisotopic (exact) mass is 273 g/mol. The number of aliphatic hydroxyl groups excluding tert-OH is 2. The third-order valence-electron chi connectivity index (χ3n) is 4.06. The van der Waals surface area contributed by atoms with Crippen LogP contribution in [0.5, 0.6) is 0 Å². The number of rotatable bonds is 9. The second-order valence-electron chi connectivity index (χ2n) is 6.10. The van der Waals surface area contributed by atoms with Gasteiger partial charge in [0.1, 0.15) is 0 Å². The zero-order valence-electron chi connectivity index (χ0n) is 12.5. The van der Waals surface area contributed by atoms with Crippen LogP contribution in [-0.2, 0) is 4.74 Å². The summed E-state index contributed by atoms with van der Waals surface area (Å²) in [7, 11) is 0. The molecule has 1 saturated carbocycles. The van der Waals surface area contributed by atoms with Gasteiger partial charge in [-0.2, -0.15) is 0 Å². The fourth-order valence-electron chi connectivity index (χ4n) is 2.88. The molecule has 0 saturated heterocycles. The van der Waals surface area contributed by atoms with E-state index >= 15 is 0 Å². The van der Waals surface area contributed by atoms with Gasteiger partial charge in [0.05, 0.1) is 19.3 Å². The second kappa shape index (κ2) is 8.90. The number of β-amino-alcohol motifs (C(OH)–C–C–N with tert-alkyl or cyclic N) is 1. The predicted octanol–water partition coefficient (Wildman–Crippen LogP) is 1.69. The lowest BCUT2D eigenvalue weighted by atomic mass is 9.77. The van der Waals surface area contributed by atoms with E-state index in [0.717, 1.165) is 38.7 Å². The minimum absolute atomic E-state index is 0.154. The Kier molecular flexibility index (Phi) is 7.91. The van der Waals surface area contributed by atoms with E-state index in [1.165, 1.54) is 6.42 Å². The number of ether oxygens (including phenoxy) is 1. The number of unbranched alkanes of at least 4 members (excludes halogenated alkanes) is 1. The molecule has 0 heterocycles. The highest BCUT2D eigenvalue weighted by Gasteiger charge is 2.34. The molecule has 3 atom stereocenters. The molecule has 3 N–H and O–H groups in total. The van der Waals surface area contributed by atoms with Crippen molar-refractivity contribution in [3.63, 3.8) is 0 Å². The molecule has 114 valence electrons. The largest absolute Gasteiger partial charge is 0.394 e. The average Bonchev–Trinajstić information content (AvgIpc) is 2.41. The van der Waals surface area contributed by atoms with Gasteiger partial charge in [-0.3, -0.25) is 0 Å². The minimum atomic E-state index is -0.488. The Labute approximate surface area is 117 Å². The number of hydrogen-bond acceptors (Lipinski definition) is 4. The Bertz CT molecular complexity index is 237. The van der Waals surface area contributed by atoms with Crippen molar-refractivity contribution < 1.29 is 14.9 Å². The highest BCUT2D eigenvalue weighted by atomic mass is 16.5. The van der Waals surface area contributed by atoms with E-state index in [0.29, 0.717) is 19.1 Å². The second-order valence-corrected chi connectivity index (χ2v) is 6.10. The Balaban J connectivity index is 2.24. The maximum atomic E-state index is 9.89. The number of aliphatic hydroxyl groups is 2. The summed E-state index contributed by atoms with van der Waals surface area (Å²) in [6.45, 7) is 6.10. The third-order valence-corrected chi connectivity index (χ3v) is 4.06. The fourth-order valence-corrected chi connectivity index (χ4v) is 2.88. The van der Waals surface area contributed by atoms with Gasteiger partial charge in [0.15, 0.2) is 0 Å². The highest BCUT2D eigenvalue weighted by Crippen LogP contribution is 2.31.